The van der Waals surface area contributed by atoms with E-state index in [2.05, 4.69) is 0 Å². The molecule has 0 spiro atoms. The van der Waals surface area contributed by atoms with Crippen molar-refractivity contribution in [1.29, 1.82) is 0 Å². The van der Waals surface area contributed by atoms with E-state index in [0.717, 1.165) is 5.56 Å². The van der Waals surface area contributed by atoms with Gasteiger partial charge in [-0.2, -0.15) is 0 Å². The third-order valence-electron chi connectivity index (χ3n) is 3.05. The van der Waals surface area contributed by atoms with Crippen molar-refractivity contribution in [1.82, 2.24) is 4.90 Å². The Hall–Kier alpha value is -1.88. The molecule has 0 fully saturated rings. The van der Waals surface area contributed by atoms with E-state index in [1.165, 1.54) is 4.90 Å². The van der Waals surface area contributed by atoms with Crippen LogP contribution in [0.2, 0.25) is 0 Å². The van der Waals surface area contributed by atoms with Crippen LogP contribution in [0.5, 0.6) is 0 Å². The zero-order valence-electron chi connectivity index (χ0n) is 12.2. The van der Waals surface area contributed by atoms with E-state index in [1.807, 2.05) is 39.0 Å². The number of amides is 1. The maximum absolute atomic E-state index is 12.5. The molecule has 20 heavy (non-hydrogen) atoms. The van der Waals surface area contributed by atoms with E-state index in [4.69, 9.17) is 10.8 Å². The minimum atomic E-state index is -0.930. The lowest BCUT2D eigenvalue weighted by molar-refractivity contribution is -0.141. The Balaban J connectivity index is 2.90. The Morgan fingerprint density at radius 2 is 1.80 bits per heavy atom. The first-order valence-corrected chi connectivity index (χ1v) is 6.57. The number of rotatable bonds is 5. The molecule has 0 aromatic heterocycles. The number of carboxylic acid groups (broad SMARTS) is 1. The van der Waals surface area contributed by atoms with Gasteiger partial charge in [-0.3, -0.25) is 9.59 Å². The maximum atomic E-state index is 12.5. The normalized spacial score (nSPS) is 12.8. The van der Waals surface area contributed by atoms with Gasteiger partial charge in [0.25, 0.3) is 0 Å². The van der Waals surface area contributed by atoms with E-state index in [1.54, 1.807) is 12.1 Å². The fraction of sp³-hybridized carbons (Fsp3) is 0.467. The molecular weight excluding hydrogens is 256 g/mol. The molecule has 3 N–H and O–H groups in total. The van der Waals surface area contributed by atoms with E-state index in [-0.39, 0.29) is 18.9 Å². The summed E-state index contributed by atoms with van der Waals surface area (Å²) in [7, 11) is 0. The molecule has 5 heteroatoms. The summed E-state index contributed by atoms with van der Waals surface area (Å²) < 4.78 is 0. The Bertz CT molecular complexity index is 466. The standard InChI is InChI=1S/C15H22N2O3/c1-15(2,3)17(10-9-12(18)19)14(20)13(16)11-7-5-4-6-8-11/h4-8,13H,9-10,16H2,1-3H3,(H,18,19). The molecule has 0 bridgehead atoms. The monoisotopic (exact) mass is 278 g/mol. The zero-order valence-corrected chi connectivity index (χ0v) is 12.2. The van der Waals surface area contributed by atoms with Crippen molar-refractivity contribution in [3.05, 3.63) is 35.9 Å². The number of nitrogens with two attached hydrogens (primary N) is 1. The average molecular weight is 278 g/mol. The quantitative estimate of drug-likeness (QED) is 0.860. The summed E-state index contributed by atoms with van der Waals surface area (Å²) in [5.41, 5.74) is 6.25. The Labute approximate surface area is 119 Å². The molecule has 0 heterocycles. The Morgan fingerprint density at radius 1 is 1.25 bits per heavy atom. The minimum absolute atomic E-state index is 0.0927. The predicted molar refractivity (Wildman–Crippen MR) is 77.1 cm³/mol. The van der Waals surface area contributed by atoms with Gasteiger partial charge in [-0.25, -0.2) is 0 Å². The molecule has 0 saturated carbocycles. The summed E-state index contributed by atoms with van der Waals surface area (Å²) >= 11 is 0. The number of nitrogens with zero attached hydrogens (tertiary/aromatic N) is 1. The first kappa shape index (κ1) is 16.2. The van der Waals surface area contributed by atoms with Crippen LogP contribution in [-0.4, -0.2) is 34.0 Å². The van der Waals surface area contributed by atoms with Gasteiger partial charge in [0.2, 0.25) is 5.91 Å². The lowest BCUT2D eigenvalue weighted by Gasteiger charge is -2.37. The van der Waals surface area contributed by atoms with Gasteiger partial charge in [-0.1, -0.05) is 30.3 Å². The van der Waals surface area contributed by atoms with Crippen LogP contribution < -0.4 is 5.73 Å². The molecule has 1 atom stereocenters. The first-order chi connectivity index (χ1) is 9.23. The maximum Gasteiger partial charge on any atom is 0.305 e. The van der Waals surface area contributed by atoms with Gasteiger partial charge in [0.1, 0.15) is 6.04 Å². The molecule has 0 aliphatic heterocycles. The van der Waals surface area contributed by atoms with E-state index in [0.29, 0.717) is 0 Å². The van der Waals surface area contributed by atoms with Crippen LogP contribution in [0.25, 0.3) is 0 Å². The molecule has 0 aliphatic rings. The van der Waals surface area contributed by atoms with Gasteiger partial charge in [0, 0.05) is 12.1 Å². The van der Waals surface area contributed by atoms with Crippen LogP contribution in [0.3, 0.4) is 0 Å². The highest BCUT2D eigenvalue weighted by Gasteiger charge is 2.30. The predicted octanol–water partition coefficient (Wildman–Crippen LogP) is 1.79. The van der Waals surface area contributed by atoms with Crippen LogP contribution in [-0.2, 0) is 9.59 Å². The minimum Gasteiger partial charge on any atom is -0.481 e. The lowest BCUT2D eigenvalue weighted by atomic mass is 10.0. The van der Waals surface area contributed by atoms with Crippen molar-refractivity contribution in [2.45, 2.75) is 38.8 Å². The lowest BCUT2D eigenvalue weighted by Crippen LogP contribution is -2.50. The number of carboxylic acids is 1. The van der Waals surface area contributed by atoms with Gasteiger partial charge < -0.3 is 15.7 Å². The van der Waals surface area contributed by atoms with Crippen LogP contribution in [0.15, 0.2) is 30.3 Å². The molecule has 1 amide bonds. The van der Waals surface area contributed by atoms with Crippen molar-refractivity contribution >= 4 is 11.9 Å². The molecule has 0 radical (unpaired) electrons. The Kier molecular flexibility index (Phi) is 5.27. The topological polar surface area (TPSA) is 83.6 Å². The summed E-state index contributed by atoms with van der Waals surface area (Å²) in [4.78, 5) is 24.8. The molecule has 1 aromatic rings. The number of benzene rings is 1. The van der Waals surface area contributed by atoms with E-state index in [9.17, 15) is 9.59 Å². The second-order valence-corrected chi connectivity index (χ2v) is 5.69. The molecule has 0 saturated heterocycles. The first-order valence-electron chi connectivity index (χ1n) is 6.57. The summed E-state index contributed by atoms with van der Waals surface area (Å²) in [5, 5.41) is 8.80. The fourth-order valence-electron chi connectivity index (χ4n) is 1.95. The zero-order chi connectivity index (χ0) is 15.3. The highest BCUT2D eigenvalue weighted by molar-refractivity contribution is 5.84. The van der Waals surface area contributed by atoms with Crippen molar-refractivity contribution < 1.29 is 14.7 Å². The summed E-state index contributed by atoms with van der Waals surface area (Å²) in [6.45, 7) is 5.75. The third kappa shape index (κ3) is 4.35. The summed E-state index contributed by atoms with van der Waals surface area (Å²) in [6.07, 6.45) is -0.0927. The van der Waals surface area contributed by atoms with Crippen LogP contribution >= 0.6 is 0 Å². The molecular formula is C15H22N2O3. The van der Waals surface area contributed by atoms with Crippen molar-refractivity contribution in [2.24, 2.45) is 5.73 Å². The largest absolute Gasteiger partial charge is 0.481 e. The summed E-state index contributed by atoms with van der Waals surface area (Å²) in [6, 6.07) is 8.31. The van der Waals surface area contributed by atoms with Crippen molar-refractivity contribution in [3.8, 4) is 0 Å². The van der Waals surface area contributed by atoms with Crippen LogP contribution in [0.1, 0.15) is 38.8 Å². The van der Waals surface area contributed by atoms with Crippen LogP contribution in [0, 0.1) is 0 Å². The van der Waals surface area contributed by atoms with E-state index >= 15 is 0 Å². The van der Waals surface area contributed by atoms with Crippen molar-refractivity contribution in [2.75, 3.05) is 6.54 Å². The SMILES string of the molecule is CC(C)(C)N(CCC(=O)O)C(=O)C(N)c1ccccc1. The number of carbonyl (C=O) groups is 2. The third-order valence-corrected chi connectivity index (χ3v) is 3.05. The van der Waals surface area contributed by atoms with Gasteiger partial charge >= 0.3 is 5.97 Å². The highest BCUT2D eigenvalue weighted by Crippen LogP contribution is 2.20. The highest BCUT2D eigenvalue weighted by atomic mass is 16.4. The van der Waals surface area contributed by atoms with Crippen LogP contribution in [0.4, 0.5) is 0 Å². The van der Waals surface area contributed by atoms with Crippen molar-refractivity contribution in [3.63, 3.8) is 0 Å². The molecule has 5 nitrogen and oxygen atoms in total. The number of hydrogen-bond donors (Lipinski definition) is 2. The van der Waals surface area contributed by atoms with Gasteiger partial charge in [0.15, 0.2) is 0 Å². The molecule has 1 aromatic carbocycles. The fourth-order valence-corrected chi connectivity index (χ4v) is 1.95. The number of hydrogen-bond acceptors (Lipinski definition) is 3. The van der Waals surface area contributed by atoms with Gasteiger partial charge in [0.05, 0.1) is 6.42 Å². The average Bonchev–Trinajstić information content (AvgIpc) is 2.37. The van der Waals surface area contributed by atoms with Gasteiger partial charge in [-0.05, 0) is 26.3 Å². The second-order valence-electron chi connectivity index (χ2n) is 5.69. The number of carbonyl (C=O) groups excluding carboxylic acids is 1. The number of aliphatic carboxylic acids is 1. The van der Waals surface area contributed by atoms with E-state index < -0.39 is 17.6 Å². The van der Waals surface area contributed by atoms with Gasteiger partial charge in [-0.15, -0.1) is 0 Å². The molecule has 1 rings (SSSR count). The second kappa shape index (κ2) is 6.52. The summed E-state index contributed by atoms with van der Waals surface area (Å²) in [5.74, 6) is -1.19. The molecule has 1 unspecified atom stereocenters. The molecule has 110 valence electrons. The molecule has 0 aliphatic carbocycles. The Morgan fingerprint density at radius 3 is 2.25 bits per heavy atom. The smallest absolute Gasteiger partial charge is 0.305 e.